The lowest BCUT2D eigenvalue weighted by Gasteiger charge is -2.04. The number of carbonyl (C=O) groups excluding carboxylic acids is 1. The van der Waals surface area contributed by atoms with Crippen LogP contribution in [0, 0.1) is 3.57 Å². The third-order valence-electron chi connectivity index (χ3n) is 2.15. The third-order valence-corrected chi connectivity index (χ3v) is 4.53. The van der Waals surface area contributed by atoms with Crippen LogP contribution in [0.4, 0.5) is 5.69 Å². The standard InChI is InChI=1S/C12H10IN3O2S/c1-7(17)16-8-2-4-9(5-3-8)19-12-10(13)11(18)14-6-15-12/h2-6H,1H3,(H,16,17)(H,14,15,18). The van der Waals surface area contributed by atoms with Crippen molar-refractivity contribution >= 4 is 45.9 Å². The van der Waals surface area contributed by atoms with Gasteiger partial charge in [-0.2, -0.15) is 0 Å². The highest BCUT2D eigenvalue weighted by Gasteiger charge is 2.07. The Morgan fingerprint density at radius 3 is 2.68 bits per heavy atom. The summed E-state index contributed by atoms with van der Waals surface area (Å²) < 4.78 is 0.566. The maximum Gasteiger partial charge on any atom is 0.265 e. The molecule has 0 spiro atoms. The van der Waals surface area contributed by atoms with Gasteiger partial charge in [0.25, 0.3) is 5.56 Å². The van der Waals surface area contributed by atoms with Crippen molar-refractivity contribution in [2.75, 3.05) is 5.32 Å². The number of carbonyl (C=O) groups is 1. The van der Waals surface area contributed by atoms with Gasteiger partial charge in [0, 0.05) is 17.5 Å². The van der Waals surface area contributed by atoms with E-state index in [-0.39, 0.29) is 11.5 Å². The number of nitrogens with zero attached hydrogens (tertiary/aromatic N) is 1. The molecule has 0 atom stereocenters. The molecule has 0 fully saturated rings. The van der Waals surface area contributed by atoms with Gasteiger partial charge < -0.3 is 10.3 Å². The third kappa shape index (κ3) is 3.80. The van der Waals surface area contributed by atoms with E-state index in [4.69, 9.17) is 0 Å². The molecule has 98 valence electrons. The number of aromatic amines is 1. The summed E-state index contributed by atoms with van der Waals surface area (Å²) in [4.78, 5) is 30.0. The van der Waals surface area contributed by atoms with Crippen molar-refractivity contribution in [2.45, 2.75) is 16.8 Å². The summed E-state index contributed by atoms with van der Waals surface area (Å²) >= 11 is 3.37. The highest BCUT2D eigenvalue weighted by molar-refractivity contribution is 14.1. The Labute approximate surface area is 127 Å². The van der Waals surface area contributed by atoms with Gasteiger partial charge in [-0.25, -0.2) is 4.98 Å². The quantitative estimate of drug-likeness (QED) is 0.627. The molecule has 0 aliphatic heterocycles. The molecule has 2 aromatic rings. The van der Waals surface area contributed by atoms with Crippen LogP contribution in [0.25, 0.3) is 0 Å². The summed E-state index contributed by atoms with van der Waals surface area (Å²) in [5.74, 6) is -0.105. The molecule has 0 radical (unpaired) electrons. The second-order valence-electron chi connectivity index (χ2n) is 3.66. The fourth-order valence-corrected chi connectivity index (χ4v) is 2.77. The van der Waals surface area contributed by atoms with E-state index in [2.05, 4.69) is 15.3 Å². The molecule has 1 amide bonds. The van der Waals surface area contributed by atoms with Gasteiger partial charge in [-0.15, -0.1) is 0 Å². The predicted octanol–water partition coefficient (Wildman–Crippen LogP) is 2.48. The normalized spacial score (nSPS) is 10.2. The lowest BCUT2D eigenvalue weighted by molar-refractivity contribution is -0.114. The van der Waals surface area contributed by atoms with Gasteiger partial charge in [-0.3, -0.25) is 9.59 Å². The van der Waals surface area contributed by atoms with Crippen LogP contribution in [0.2, 0.25) is 0 Å². The van der Waals surface area contributed by atoms with Crippen LogP contribution in [-0.2, 0) is 4.79 Å². The molecule has 2 rings (SSSR count). The number of benzene rings is 1. The summed E-state index contributed by atoms with van der Waals surface area (Å²) in [6.45, 7) is 1.46. The molecule has 19 heavy (non-hydrogen) atoms. The lowest BCUT2D eigenvalue weighted by atomic mass is 10.3. The molecule has 0 aliphatic rings. The number of nitrogens with one attached hydrogen (secondary N) is 2. The molecule has 0 aliphatic carbocycles. The minimum atomic E-state index is -0.145. The van der Waals surface area contributed by atoms with Crippen LogP contribution < -0.4 is 10.9 Å². The Morgan fingerprint density at radius 1 is 1.37 bits per heavy atom. The minimum Gasteiger partial charge on any atom is -0.326 e. The summed E-state index contributed by atoms with van der Waals surface area (Å²) in [5.41, 5.74) is 0.596. The van der Waals surface area contributed by atoms with Crippen molar-refractivity contribution in [3.8, 4) is 0 Å². The van der Waals surface area contributed by atoms with Crippen molar-refractivity contribution in [3.63, 3.8) is 0 Å². The molecular weight excluding hydrogens is 377 g/mol. The molecule has 0 unspecified atom stereocenters. The zero-order chi connectivity index (χ0) is 13.8. The average Bonchev–Trinajstić information content (AvgIpc) is 2.37. The van der Waals surface area contributed by atoms with Gasteiger partial charge >= 0.3 is 0 Å². The van der Waals surface area contributed by atoms with E-state index in [1.807, 2.05) is 46.9 Å². The highest BCUT2D eigenvalue weighted by atomic mass is 127. The fourth-order valence-electron chi connectivity index (χ4n) is 1.36. The zero-order valence-electron chi connectivity index (χ0n) is 9.94. The predicted molar refractivity (Wildman–Crippen MR) is 82.4 cm³/mol. The Morgan fingerprint density at radius 2 is 2.05 bits per heavy atom. The van der Waals surface area contributed by atoms with Crippen molar-refractivity contribution < 1.29 is 4.79 Å². The van der Waals surface area contributed by atoms with Gasteiger partial charge in [0.15, 0.2) is 0 Å². The largest absolute Gasteiger partial charge is 0.326 e. The van der Waals surface area contributed by atoms with Crippen LogP contribution in [0.3, 0.4) is 0 Å². The molecule has 0 saturated carbocycles. The van der Waals surface area contributed by atoms with E-state index >= 15 is 0 Å². The van der Waals surface area contributed by atoms with E-state index in [9.17, 15) is 9.59 Å². The number of rotatable bonds is 3. The van der Waals surface area contributed by atoms with Gasteiger partial charge in [-0.1, -0.05) is 11.8 Å². The van der Waals surface area contributed by atoms with E-state index in [0.29, 0.717) is 8.60 Å². The molecule has 1 heterocycles. The number of hydrogen-bond donors (Lipinski definition) is 2. The summed E-state index contributed by atoms with van der Waals surface area (Å²) in [7, 11) is 0. The second kappa shape index (κ2) is 6.20. The molecule has 1 aromatic carbocycles. The number of hydrogen-bond acceptors (Lipinski definition) is 4. The molecular formula is C12H10IN3O2S. The number of halogens is 1. The SMILES string of the molecule is CC(=O)Nc1ccc(Sc2nc[nH]c(=O)c2I)cc1. The number of H-pyrrole nitrogens is 1. The van der Waals surface area contributed by atoms with Crippen molar-refractivity contribution in [1.29, 1.82) is 0 Å². The maximum atomic E-state index is 11.4. The lowest BCUT2D eigenvalue weighted by Crippen LogP contribution is -2.10. The molecule has 2 N–H and O–H groups in total. The molecule has 0 saturated heterocycles. The van der Waals surface area contributed by atoms with Crippen LogP contribution >= 0.6 is 34.4 Å². The summed E-state index contributed by atoms with van der Waals surface area (Å²) in [6.07, 6.45) is 1.39. The smallest absolute Gasteiger partial charge is 0.265 e. The molecule has 1 aromatic heterocycles. The first-order valence-electron chi connectivity index (χ1n) is 5.35. The number of amides is 1. The monoisotopic (exact) mass is 387 g/mol. The number of aromatic nitrogens is 2. The van der Waals surface area contributed by atoms with Gasteiger partial charge in [0.1, 0.15) is 8.60 Å². The molecule has 5 nitrogen and oxygen atoms in total. The van der Waals surface area contributed by atoms with Crippen molar-refractivity contribution in [3.05, 3.63) is 44.5 Å². The van der Waals surface area contributed by atoms with E-state index in [1.165, 1.54) is 25.0 Å². The van der Waals surface area contributed by atoms with Crippen LogP contribution in [0.1, 0.15) is 6.92 Å². The van der Waals surface area contributed by atoms with Crippen LogP contribution in [0.5, 0.6) is 0 Å². The highest BCUT2D eigenvalue weighted by Crippen LogP contribution is 2.28. The topological polar surface area (TPSA) is 74.8 Å². The Balaban J connectivity index is 2.17. The zero-order valence-corrected chi connectivity index (χ0v) is 12.9. The van der Waals surface area contributed by atoms with Crippen molar-refractivity contribution in [1.82, 2.24) is 9.97 Å². The molecule has 0 bridgehead atoms. The van der Waals surface area contributed by atoms with E-state index in [0.717, 1.165) is 10.6 Å². The second-order valence-corrected chi connectivity index (χ2v) is 5.80. The minimum absolute atomic E-state index is 0.105. The summed E-state index contributed by atoms with van der Waals surface area (Å²) in [5, 5.41) is 3.36. The first kappa shape index (κ1) is 14.1. The Bertz CT molecular complexity index is 655. The first-order chi connectivity index (χ1) is 9.06. The van der Waals surface area contributed by atoms with Gasteiger partial charge in [-0.05, 0) is 46.9 Å². The summed E-state index contributed by atoms with van der Waals surface area (Å²) in [6, 6.07) is 7.36. The van der Waals surface area contributed by atoms with Crippen LogP contribution in [0.15, 0.2) is 45.3 Å². The van der Waals surface area contributed by atoms with Gasteiger partial charge in [0.2, 0.25) is 5.91 Å². The fraction of sp³-hybridized carbons (Fsp3) is 0.0833. The first-order valence-corrected chi connectivity index (χ1v) is 7.24. The van der Waals surface area contributed by atoms with Crippen molar-refractivity contribution in [2.24, 2.45) is 0 Å². The van der Waals surface area contributed by atoms with E-state index < -0.39 is 0 Å². The average molecular weight is 387 g/mol. The molecule has 7 heteroatoms. The Hall–Kier alpha value is -1.35. The Kier molecular flexibility index (Phi) is 4.59. The van der Waals surface area contributed by atoms with Crippen LogP contribution in [-0.4, -0.2) is 15.9 Å². The number of anilines is 1. The van der Waals surface area contributed by atoms with Gasteiger partial charge in [0.05, 0.1) is 6.33 Å². The maximum absolute atomic E-state index is 11.4. The van der Waals surface area contributed by atoms with E-state index in [1.54, 1.807) is 0 Å².